The fourth-order valence-corrected chi connectivity index (χ4v) is 2.76. The molecule has 0 aliphatic carbocycles. The summed E-state index contributed by atoms with van der Waals surface area (Å²) in [7, 11) is 0. The van der Waals surface area contributed by atoms with E-state index >= 15 is 0 Å². The molecule has 3 N–H and O–H groups in total. The number of nitrogen functional groups attached to an aromatic ring is 1. The molecule has 0 fully saturated rings. The van der Waals surface area contributed by atoms with Gasteiger partial charge in [0.1, 0.15) is 16.4 Å². The minimum absolute atomic E-state index is 0.394. The monoisotopic (exact) mass is 284 g/mol. The molecule has 1 aromatic carbocycles. The number of hydrogen-bond acceptors (Lipinski definition) is 7. The number of anilines is 1. The number of para-hydroxylation sites is 1. The highest BCUT2D eigenvalue weighted by Crippen LogP contribution is 2.30. The molecule has 3 rings (SSSR count). The SMILES string of the molecule is Cc1cc(Sc2ncnc3ccccc23)nc(NN)n1. The van der Waals surface area contributed by atoms with Gasteiger partial charge in [0.25, 0.3) is 0 Å². The average Bonchev–Trinajstić information content (AvgIpc) is 2.47. The Labute approximate surface area is 119 Å². The van der Waals surface area contributed by atoms with E-state index in [9.17, 15) is 0 Å². The van der Waals surface area contributed by atoms with E-state index in [1.54, 1.807) is 6.33 Å². The van der Waals surface area contributed by atoms with Crippen molar-refractivity contribution in [2.45, 2.75) is 17.0 Å². The molecule has 0 spiro atoms. The number of aromatic nitrogens is 4. The van der Waals surface area contributed by atoms with Gasteiger partial charge in [-0.15, -0.1) is 0 Å². The zero-order valence-electron chi connectivity index (χ0n) is 10.7. The summed E-state index contributed by atoms with van der Waals surface area (Å²) in [5.41, 5.74) is 4.21. The Morgan fingerprint density at radius 1 is 1.15 bits per heavy atom. The smallest absolute Gasteiger partial charge is 0.238 e. The van der Waals surface area contributed by atoms with Crippen LogP contribution < -0.4 is 11.3 Å². The summed E-state index contributed by atoms with van der Waals surface area (Å²) in [6, 6.07) is 9.76. The quantitative estimate of drug-likeness (QED) is 0.433. The molecule has 20 heavy (non-hydrogen) atoms. The summed E-state index contributed by atoms with van der Waals surface area (Å²) in [6.45, 7) is 1.89. The Morgan fingerprint density at radius 3 is 2.85 bits per heavy atom. The third-order valence-electron chi connectivity index (χ3n) is 2.67. The standard InChI is InChI=1S/C13H12N6S/c1-8-6-11(18-13(17-8)19-14)20-12-9-4-2-3-5-10(9)15-7-16-12/h2-7H,14H2,1H3,(H,17,18,19). The second-order valence-electron chi connectivity index (χ2n) is 4.11. The highest BCUT2D eigenvalue weighted by molar-refractivity contribution is 7.99. The molecular formula is C13H12N6S. The van der Waals surface area contributed by atoms with E-state index in [2.05, 4.69) is 25.4 Å². The van der Waals surface area contributed by atoms with E-state index in [1.807, 2.05) is 37.3 Å². The molecule has 0 saturated carbocycles. The van der Waals surface area contributed by atoms with Crippen molar-refractivity contribution >= 4 is 28.6 Å². The Kier molecular flexibility index (Phi) is 3.44. The maximum Gasteiger partial charge on any atom is 0.238 e. The first kappa shape index (κ1) is 12.8. The Bertz CT molecular complexity index is 755. The minimum atomic E-state index is 0.394. The molecule has 2 heterocycles. The van der Waals surface area contributed by atoms with Crippen LogP contribution >= 0.6 is 11.8 Å². The van der Waals surface area contributed by atoms with Crippen LogP contribution in [0.4, 0.5) is 5.95 Å². The van der Waals surface area contributed by atoms with Crippen molar-refractivity contribution in [1.82, 2.24) is 19.9 Å². The molecule has 0 saturated heterocycles. The van der Waals surface area contributed by atoms with Gasteiger partial charge in [-0.25, -0.2) is 25.8 Å². The highest BCUT2D eigenvalue weighted by Gasteiger charge is 2.08. The lowest BCUT2D eigenvalue weighted by Crippen LogP contribution is -2.11. The molecule has 2 aromatic heterocycles. The first-order chi connectivity index (χ1) is 9.76. The van der Waals surface area contributed by atoms with Gasteiger partial charge in [-0.2, -0.15) is 0 Å². The maximum atomic E-state index is 5.36. The predicted molar refractivity (Wildman–Crippen MR) is 78.2 cm³/mol. The van der Waals surface area contributed by atoms with E-state index in [4.69, 9.17) is 5.84 Å². The number of benzene rings is 1. The molecule has 0 aliphatic rings. The third kappa shape index (κ3) is 2.54. The molecule has 0 atom stereocenters. The van der Waals surface area contributed by atoms with Crippen LogP contribution in [0.1, 0.15) is 5.69 Å². The Hall–Kier alpha value is -2.25. The second-order valence-corrected chi connectivity index (χ2v) is 5.12. The van der Waals surface area contributed by atoms with Crippen LogP contribution in [0.25, 0.3) is 10.9 Å². The zero-order chi connectivity index (χ0) is 13.9. The van der Waals surface area contributed by atoms with Crippen LogP contribution in [0.2, 0.25) is 0 Å². The van der Waals surface area contributed by atoms with E-state index in [0.717, 1.165) is 26.6 Å². The molecule has 100 valence electrons. The summed E-state index contributed by atoms with van der Waals surface area (Å²) in [4.78, 5) is 17.0. The maximum absolute atomic E-state index is 5.36. The van der Waals surface area contributed by atoms with Crippen LogP contribution in [0.3, 0.4) is 0 Å². The number of nitrogens with two attached hydrogens (primary N) is 1. The van der Waals surface area contributed by atoms with E-state index in [0.29, 0.717) is 5.95 Å². The molecule has 0 unspecified atom stereocenters. The first-order valence-corrected chi connectivity index (χ1v) is 6.78. The number of nitrogens with zero attached hydrogens (tertiary/aromatic N) is 4. The Balaban J connectivity index is 2.03. The largest absolute Gasteiger partial charge is 0.292 e. The summed E-state index contributed by atoms with van der Waals surface area (Å²) in [5.74, 6) is 5.76. The predicted octanol–water partition coefficient (Wildman–Crippen LogP) is 2.17. The number of rotatable bonds is 3. The lowest BCUT2D eigenvalue weighted by atomic mass is 10.2. The number of nitrogens with one attached hydrogen (secondary N) is 1. The van der Waals surface area contributed by atoms with Gasteiger partial charge in [0.15, 0.2) is 0 Å². The van der Waals surface area contributed by atoms with Crippen molar-refractivity contribution in [2.24, 2.45) is 5.84 Å². The molecule has 0 radical (unpaired) electrons. The van der Waals surface area contributed by atoms with Crippen molar-refractivity contribution in [3.63, 3.8) is 0 Å². The molecular weight excluding hydrogens is 272 g/mol. The van der Waals surface area contributed by atoms with Crippen molar-refractivity contribution in [3.05, 3.63) is 42.4 Å². The van der Waals surface area contributed by atoms with Gasteiger partial charge < -0.3 is 0 Å². The fourth-order valence-electron chi connectivity index (χ4n) is 1.82. The molecule has 7 heteroatoms. The second kappa shape index (κ2) is 5.40. The third-order valence-corrected chi connectivity index (χ3v) is 3.60. The van der Waals surface area contributed by atoms with Gasteiger partial charge in [0.05, 0.1) is 5.52 Å². The topological polar surface area (TPSA) is 89.6 Å². The molecule has 0 bridgehead atoms. The van der Waals surface area contributed by atoms with E-state index in [1.165, 1.54) is 11.8 Å². The first-order valence-electron chi connectivity index (χ1n) is 5.96. The van der Waals surface area contributed by atoms with Crippen molar-refractivity contribution in [1.29, 1.82) is 0 Å². The lowest BCUT2D eigenvalue weighted by Gasteiger charge is -2.06. The molecule has 0 amide bonds. The van der Waals surface area contributed by atoms with Gasteiger partial charge in [-0.05, 0) is 30.8 Å². The number of aryl methyl sites for hydroxylation is 1. The van der Waals surface area contributed by atoms with Crippen LogP contribution in [-0.2, 0) is 0 Å². The number of hydrazine groups is 1. The van der Waals surface area contributed by atoms with Crippen LogP contribution in [0, 0.1) is 6.92 Å². The van der Waals surface area contributed by atoms with Crippen LogP contribution in [-0.4, -0.2) is 19.9 Å². The van der Waals surface area contributed by atoms with Crippen LogP contribution in [0.15, 0.2) is 46.7 Å². The lowest BCUT2D eigenvalue weighted by molar-refractivity contribution is 0.989. The van der Waals surface area contributed by atoms with Gasteiger partial charge >= 0.3 is 0 Å². The Morgan fingerprint density at radius 2 is 2.00 bits per heavy atom. The van der Waals surface area contributed by atoms with Gasteiger partial charge in [0.2, 0.25) is 5.95 Å². The van der Waals surface area contributed by atoms with Gasteiger partial charge in [-0.3, -0.25) is 5.43 Å². The molecule has 3 aromatic rings. The van der Waals surface area contributed by atoms with Crippen molar-refractivity contribution in [3.8, 4) is 0 Å². The zero-order valence-corrected chi connectivity index (χ0v) is 11.6. The van der Waals surface area contributed by atoms with E-state index in [-0.39, 0.29) is 0 Å². The van der Waals surface area contributed by atoms with Crippen molar-refractivity contribution < 1.29 is 0 Å². The molecule has 0 aliphatic heterocycles. The minimum Gasteiger partial charge on any atom is -0.292 e. The molecule has 6 nitrogen and oxygen atoms in total. The van der Waals surface area contributed by atoms with Crippen LogP contribution in [0.5, 0.6) is 0 Å². The number of hydrogen-bond donors (Lipinski definition) is 2. The highest BCUT2D eigenvalue weighted by atomic mass is 32.2. The summed E-state index contributed by atoms with van der Waals surface area (Å²) in [5, 5.41) is 2.64. The average molecular weight is 284 g/mol. The van der Waals surface area contributed by atoms with E-state index < -0.39 is 0 Å². The summed E-state index contributed by atoms with van der Waals surface area (Å²) < 4.78 is 0. The van der Waals surface area contributed by atoms with Gasteiger partial charge in [-0.1, -0.05) is 18.2 Å². The normalized spacial score (nSPS) is 10.7. The summed E-state index contributed by atoms with van der Waals surface area (Å²) in [6.07, 6.45) is 1.56. The van der Waals surface area contributed by atoms with Gasteiger partial charge in [0, 0.05) is 11.1 Å². The summed E-state index contributed by atoms with van der Waals surface area (Å²) >= 11 is 1.46. The van der Waals surface area contributed by atoms with Crippen molar-refractivity contribution in [2.75, 3.05) is 5.43 Å². The fraction of sp³-hybridized carbons (Fsp3) is 0.0769. The number of fused-ring (bicyclic) bond motifs is 1.